The number of nitrogens with zero attached hydrogens (tertiary/aromatic N) is 2. The van der Waals surface area contributed by atoms with Crippen molar-refractivity contribution in [3.05, 3.63) is 60.2 Å². The van der Waals surface area contributed by atoms with Gasteiger partial charge in [-0.1, -0.05) is 30.3 Å². The molecule has 2 aromatic rings. The summed E-state index contributed by atoms with van der Waals surface area (Å²) in [5.74, 6) is 0.793. The van der Waals surface area contributed by atoms with Gasteiger partial charge in [-0.05, 0) is 29.8 Å². The zero-order valence-corrected chi connectivity index (χ0v) is 21.3. The summed E-state index contributed by atoms with van der Waals surface area (Å²) in [5.41, 5.74) is 1.71. The van der Waals surface area contributed by atoms with E-state index in [1.54, 1.807) is 7.11 Å². The Labute approximate surface area is 215 Å². The lowest BCUT2D eigenvalue weighted by atomic mass is 10.1. The van der Waals surface area contributed by atoms with Crippen LogP contribution in [0.1, 0.15) is 18.4 Å². The molecule has 9 nitrogen and oxygen atoms in total. The highest BCUT2D eigenvalue weighted by atomic mass is 32.2. The quantitative estimate of drug-likeness (QED) is 0.469. The first-order chi connectivity index (χ1) is 17.5. The molecule has 10 heteroatoms. The number of rotatable bonds is 9. The lowest BCUT2D eigenvalue weighted by Crippen LogP contribution is -2.56. The Morgan fingerprint density at radius 2 is 1.86 bits per heavy atom. The lowest BCUT2D eigenvalue weighted by Gasteiger charge is -2.36. The maximum atomic E-state index is 12.8. The number of carbonyl (C=O) groups excluding carboxylic acids is 3. The number of carbonyl (C=O) groups is 3. The minimum absolute atomic E-state index is 0.0573. The second-order valence-corrected chi connectivity index (χ2v) is 9.96. The molecule has 3 N–H and O–H groups in total. The molecule has 36 heavy (non-hydrogen) atoms. The maximum absolute atomic E-state index is 12.8. The first kappa shape index (κ1) is 25.8. The van der Waals surface area contributed by atoms with Gasteiger partial charge in [-0.2, -0.15) is 0 Å². The highest BCUT2D eigenvalue weighted by Gasteiger charge is 2.29. The Kier molecular flexibility index (Phi) is 9.07. The molecule has 2 aromatic carbocycles. The number of hydrogen-bond donors (Lipinski definition) is 3. The predicted molar refractivity (Wildman–Crippen MR) is 141 cm³/mol. The molecule has 2 heterocycles. The molecule has 0 aromatic heterocycles. The zero-order chi connectivity index (χ0) is 25.3. The van der Waals surface area contributed by atoms with Crippen LogP contribution in [0.15, 0.2) is 54.6 Å². The monoisotopic (exact) mass is 511 g/mol. The fraction of sp³-hybridized carbons (Fsp3) is 0.423. The van der Waals surface area contributed by atoms with E-state index in [2.05, 4.69) is 33.0 Å². The van der Waals surface area contributed by atoms with Gasteiger partial charge in [0, 0.05) is 57.3 Å². The smallest absolute Gasteiger partial charge is 0.232 e. The van der Waals surface area contributed by atoms with Gasteiger partial charge in [0.15, 0.2) is 0 Å². The number of hydrogen-bond acceptors (Lipinski definition) is 7. The molecule has 2 unspecified atom stereocenters. The number of piperazine rings is 1. The first-order valence-corrected chi connectivity index (χ1v) is 13.2. The largest absolute Gasteiger partial charge is 0.497 e. The summed E-state index contributed by atoms with van der Waals surface area (Å²) in [5, 5.41) is 9.05. The highest BCUT2D eigenvalue weighted by molar-refractivity contribution is 8.00. The molecule has 0 spiro atoms. The third-order valence-electron chi connectivity index (χ3n) is 6.29. The van der Waals surface area contributed by atoms with Gasteiger partial charge >= 0.3 is 0 Å². The van der Waals surface area contributed by atoms with E-state index in [0.29, 0.717) is 19.6 Å². The Bertz CT molecular complexity index is 1050. The van der Waals surface area contributed by atoms with Crippen molar-refractivity contribution in [3.8, 4) is 5.75 Å². The minimum Gasteiger partial charge on any atom is -0.497 e. The van der Waals surface area contributed by atoms with Crippen LogP contribution < -0.4 is 25.6 Å². The van der Waals surface area contributed by atoms with Crippen molar-refractivity contribution in [3.63, 3.8) is 0 Å². The van der Waals surface area contributed by atoms with Gasteiger partial charge < -0.3 is 25.2 Å². The Morgan fingerprint density at radius 1 is 1.08 bits per heavy atom. The second-order valence-electron chi connectivity index (χ2n) is 8.86. The molecule has 3 amide bonds. The van der Waals surface area contributed by atoms with Crippen molar-refractivity contribution in [1.29, 1.82) is 0 Å². The van der Waals surface area contributed by atoms with Crippen LogP contribution in [-0.4, -0.2) is 73.2 Å². The van der Waals surface area contributed by atoms with Crippen LogP contribution >= 0.6 is 11.8 Å². The summed E-state index contributed by atoms with van der Waals surface area (Å²) in [7, 11) is 1.60. The number of para-hydroxylation sites is 1. The first-order valence-electron chi connectivity index (χ1n) is 12.1. The van der Waals surface area contributed by atoms with Gasteiger partial charge in [-0.3, -0.25) is 19.7 Å². The Hall–Kier alpha value is -3.24. The lowest BCUT2D eigenvalue weighted by molar-refractivity contribution is -0.129. The summed E-state index contributed by atoms with van der Waals surface area (Å²) in [6.07, 6.45) is 0.406. The normalized spacial score (nSPS) is 20.0. The third kappa shape index (κ3) is 7.38. The van der Waals surface area contributed by atoms with Crippen molar-refractivity contribution >= 4 is 35.2 Å². The van der Waals surface area contributed by atoms with Gasteiger partial charge in [-0.25, -0.2) is 0 Å². The summed E-state index contributed by atoms with van der Waals surface area (Å²) >= 11 is 1.35. The van der Waals surface area contributed by atoms with Gasteiger partial charge in [0.05, 0.1) is 12.9 Å². The van der Waals surface area contributed by atoms with E-state index < -0.39 is 5.50 Å². The van der Waals surface area contributed by atoms with Crippen LogP contribution in [0.25, 0.3) is 0 Å². The molecule has 2 atom stereocenters. The summed E-state index contributed by atoms with van der Waals surface area (Å²) < 4.78 is 5.21. The average Bonchev–Trinajstić information content (AvgIpc) is 2.91. The molecular weight excluding hydrogens is 478 g/mol. The van der Waals surface area contributed by atoms with Crippen molar-refractivity contribution in [2.24, 2.45) is 0 Å². The van der Waals surface area contributed by atoms with Crippen molar-refractivity contribution < 1.29 is 19.1 Å². The predicted octanol–water partition coefficient (Wildman–Crippen LogP) is 1.55. The van der Waals surface area contributed by atoms with E-state index in [9.17, 15) is 14.4 Å². The molecule has 0 radical (unpaired) electrons. The highest BCUT2D eigenvalue weighted by Crippen LogP contribution is 2.18. The summed E-state index contributed by atoms with van der Waals surface area (Å²) in [4.78, 5) is 41.6. The second kappa shape index (κ2) is 12.6. The topological polar surface area (TPSA) is 103 Å². The van der Waals surface area contributed by atoms with E-state index >= 15 is 0 Å². The van der Waals surface area contributed by atoms with E-state index in [-0.39, 0.29) is 42.4 Å². The Balaban J connectivity index is 1.18. The van der Waals surface area contributed by atoms with E-state index in [1.807, 2.05) is 47.4 Å². The molecule has 0 aliphatic carbocycles. The molecule has 2 saturated heterocycles. The molecule has 0 bridgehead atoms. The molecule has 2 fully saturated rings. The molecule has 0 saturated carbocycles. The van der Waals surface area contributed by atoms with Crippen LogP contribution in [0.5, 0.6) is 5.75 Å². The summed E-state index contributed by atoms with van der Waals surface area (Å²) in [6, 6.07) is 17.4. The maximum Gasteiger partial charge on any atom is 0.232 e. The third-order valence-corrected chi connectivity index (χ3v) is 7.29. The van der Waals surface area contributed by atoms with Crippen molar-refractivity contribution in [2.75, 3.05) is 43.9 Å². The molecule has 192 valence electrons. The SMILES string of the molecule is COc1cccc(CNC(=O)CC2CC(=O)NC(SCC(=O)N3CCN(c4ccccc4)CC3)N2)c1. The zero-order valence-electron chi connectivity index (χ0n) is 20.4. The fourth-order valence-corrected chi connectivity index (χ4v) is 5.34. The average molecular weight is 512 g/mol. The minimum atomic E-state index is -0.406. The van der Waals surface area contributed by atoms with Crippen LogP contribution in [0.3, 0.4) is 0 Å². The molecule has 2 aliphatic heterocycles. The fourth-order valence-electron chi connectivity index (χ4n) is 4.34. The Morgan fingerprint density at radius 3 is 2.61 bits per heavy atom. The van der Waals surface area contributed by atoms with Gasteiger partial charge in [0.2, 0.25) is 17.7 Å². The van der Waals surface area contributed by atoms with E-state index in [1.165, 1.54) is 17.4 Å². The van der Waals surface area contributed by atoms with Crippen LogP contribution in [0.2, 0.25) is 0 Å². The number of methoxy groups -OCH3 is 1. The molecule has 4 rings (SSSR count). The number of benzene rings is 2. The van der Waals surface area contributed by atoms with Gasteiger partial charge in [0.25, 0.3) is 0 Å². The number of thioether (sulfide) groups is 1. The number of nitrogens with one attached hydrogen (secondary N) is 3. The van der Waals surface area contributed by atoms with E-state index in [0.717, 1.165) is 24.4 Å². The van der Waals surface area contributed by atoms with Gasteiger partial charge in [0.1, 0.15) is 11.2 Å². The molecule has 2 aliphatic rings. The van der Waals surface area contributed by atoms with Crippen LogP contribution in [-0.2, 0) is 20.9 Å². The summed E-state index contributed by atoms with van der Waals surface area (Å²) in [6.45, 7) is 3.33. The van der Waals surface area contributed by atoms with Crippen LogP contribution in [0.4, 0.5) is 5.69 Å². The number of anilines is 1. The van der Waals surface area contributed by atoms with Crippen molar-refractivity contribution in [1.82, 2.24) is 20.9 Å². The van der Waals surface area contributed by atoms with Crippen LogP contribution in [0, 0.1) is 0 Å². The number of amides is 3. The van der Waals surface area contributed by atoms with E-state index in [4.69, 9.17) is 4.74 Å². The number of ether oxygens (including phenoxy) is 1. The standard InChI is InChI=1S/C26H33N5O4S/c1-35-22-9-5-6-19(14-22)17-27-23(32)15-20-16-24(33)29-26(28-20)36-18-25(34)31-12-10-30(11-13-31)21-7-3-2-4-8-21/h2-9,14,20,26,28H,10-13,15-18H2,1H3,(H,27,32)(H,29,33). The molecular formula is C26H33N5O4S. The van der Waals surface area contributed by atoms with Crippen molar-refractivity contribution in [2.45, 2.75) is 30.9 Å². The van der Waals surface area contributed by atoms with Gasteiger partial charge in [-0.15, -0.1) is 11.8 Å².